The minimum Gasteiger partial charge on any atom is -0.493 e. The minimum atomic E-state index is -4.53. The van der Waals surface area contributed by atoms with Crippen molar-refractivity contribution in [2.24, 2.45) is 0 Å². The molecule has 0 radical (unpaired) electrons. The van der Waals surface area contributed by atoms with Crippen LogP contribution in [-0.2, 0) is 6.18 Å². The largest absolute Gasteiger partial charge is 0.493 e. The number of aromatic nitrogens is 1. The predicted octanol–water partition coefficient (Wildman–Crippen LogP) is 4.84. The zero-order valence-corrected chi connectivity index (χ0v) is 18.0. The van der Waals surface area contributed by atoms with Gasteiger partial charge in [-0.25, -0.2) is 9.78 Å². The number of ether oxygens (including phenoxy) is 2. The molecule has 0 bridgehead atoms. The number of amides is 2. The van der Waals surface area contributed by atoms with Crippen molar-refractivity contribution in [3.8, 4) is 11.5 Å². The maximum absolute atomic E-state index is 12.7. The molecule has 0 aliphatic carbocycles. The van der Waals surface area contributed by atoms with E-state index in [0.717, 1.165) is 12.3 Å². The number of carbonyl (C=O) groups excluding carboxylic acids is 1. The number of carbonyl (C=O) groups is 1. The van der Waals surface area contributed by atoms with Crippen LogP contribution in [0.15, 0.2) is 36.5 Å². The number of pyridine rings is 1. The highest BCUT2D eigenvalue weighted by molar-refractivity contribution is 5.89. The lowest BCUT2D eigenvalue weighted by molar-refractivity contribution is -0.153. The zero-order chi connectivity index (χ0) is 24.9. The zero-order valence-electron chi connectivity index (χ0n) is 18.0. The number of methoxy groups -OCH3 is 1. The Morgan fingerprint density at radius 2 is 1.79 bits per heavy atom. The lowest BCUT2D eigenvalue weighted by atomic mass is 10.1. The van der Waals surface area contributed by atoms with Gasteiger partial charge in [-0.05, 0) is 37.1 Å². The molecule has 3 rings (SSSR count). The van der Waals surface area contributed by atoms with Gasteiger partial charge >= 0.3 is 18.4 Å². The summed E-state index contributed by atoms with van der Waals surface area (Å²) in [6.07, 6.45) is -7.15. The molecule has 0 saturated carbocycles. The van der Waals surface area contributed by atoms with Gasteiger partial charge < -0.3 is 25.0 Å². The van der Waals surface area contributed by atoms with Crippen molar-refractivity contribution < 1.29 is 40.6 Å². The van der Waals surface area contributed by atoms with Crippen molar-refractivity contribution in [2.45, 2.75) is 31.2 Å². The molecule has 1 aromatic carbocycles. The summed E-state index contributed by atoms with van der Waals surface area (Å²) in [4.78, 5) is 18.0. The molecular weight excluding hydrogens is 470 g/mol. The number of halogens is 6. The first-order valence-corrected chi connectivity index (χ1v) is 10.2. The highest BCUT2D eigenvalue weighted by Gasteiger charge is 2.31. The van der Waals surface area contributed by atoms with Crippen molar-refractivity contribution in [3.05, 3.63) is 42.1 Å². The number of nitrogens with one attached hydrogen (secondary N) is 2. The maximum Gasteiger partial charge on any atom is 0.422 e. The summed E-state index contributed by atoms with van der Waals surface area (Å²) in [6, 6.07) is 5.58. The summed E-state index contributed by atoms with van der Waals surface area (Å²) in [7, 11) is 1.28. The summed E-state index contributed by atoms with van der Waals surface area (Å²) in [5.74, 6) is 0.329. The van der Waals surface area contributed by atoms with E-state index in [4.69, 9.17) is 9.47 Å². The van der Waals surface area contributed by atoms with Crippen LogP contribution in [0.1, 0.15) is 18.4 Å². The Balaban J connectivity index is 1.51. The number of benzene rings is 1. The molecule has 186 valence electrons. The average Bonchev–Trinajstić information content (AvgIpc) is 2.77. The number of nitrogens with zero attached hydrogens (tertiary/aromatic N) is 2. The van der Waals surface area contributed by atoms with Crippen LogP contribution in [-0.4, -0.2) is 50.0 Å². The second-order valence-electron chi connectivity index (χ2n) is 7.53. The van der Waals surface area contributed by atoms with Gasteiger partial charge in [-0.2, -0.15) is 26.3 Å². The quantitative estimate of drug-likeness (QED) is 0.565. The molecule has 0 spiro atoms. The van der Waals surface area contributed by atoms with Crippen molar-refractivity contribution in [2.75, 3.05) is 37.0 Å². The molecule has 0 atom stereocenters. The van der Waals surface area contributed by atoms with Gasteiger partial charge in [0.1, 0.15) is 5.82 Å². The molecule has 0 unspecified atom stereocenters. The van der Waals surface area contributed by atoms with Crippen LogP contribution in [0.25, 0.3) is 0 Å². The van der Waals surface area contributed by atoms with Gasteiger partial charge in [0.25, 0.3) is 0 Å². The average molecular weight is 492 g/mol. The maximum atomic E-state index is 12.7. The number of urea groups is 1. The van der Waals surface area contributed by atoms with Gasteiger partial charge in [0.05, 0.1) is 12.7 Å². The lowest BCUT2D eigenvalue weighted by Gasteiger charge is -2.33. The number of hydrogen-bond acceptors (Lipinski definition) is 5. The van der Waals surface area contributed by atoms with Gasteiger partial charge in [-0.15, -0.1) is 0 Å². The second-order valence-corrected chi connectivity index (χ2v) is 7.53. The van der Waals surface area contributed by atoms with Crippen LogP contribution < -0.4 is 25.0 Å². The molecule has 1 saturated heterocycles. The first kappa shape index (κ1) is 25.2. The van der Waals surface area contributed by atoms with Crippen molar-refractivity contribution in [1.29, 1.82) is 0 Å². The second kappa shape index (κ2) is 10.3. The summed E-state index contributed by atoms with van der Waals surface area (Å²) in [5, 5.41) is 5.32. The molecule has 1 aromatic heterocycles. The number of hydrogen-bond donors (Lipinski definition) is 2. The normalized spacial score (nSPS) is 15.1. The predicted molar refractivity (Wildman–Crippen MR) is 111 cm³/mol. The minimum absolute atomic E-state index is 0.0828. The van der Waals surface area contributed by atoms with Crippen LogP contribution >= 0.6 is 0 Å². The Hall–Kier alpha value is -3.38. The number of rotatable bonds is 6. The Kier molecular flexibility index (Phi) is 7.62. The molecular formula is C21H22F6N4O3. The van der Waals surface area contributed by atoms with Gasteiger partial charge in [0.2, 0.25) is 0 Å². The van der Waals surface area contributed by atoms with Gasteiger partial charge in [0, 0.05) is 37.1 Å². The Labute approximate surface area is 191 Å². The Bertz CT molecular complexity index is 974. The standard InChI is InChI=1S/C21H22F6N4O3/c1-33-16-4-3-15(10-17(16)34-12-20(22,23)24)30-19(32)29-14-6-8-31(9-7-14)18-5-2-13(11-28-18)21(25,26)27/h2-5,10-11,14H,6-9,12H2,1H3,(H2,29,30,32). The van der Waals surface area contributed by atoms with Crippen LogP contribution in [0, 0.1) is 0 Å². The SMILES string of the molecule is COc1ccc(NC(=O)NC2CCN(c3ccc(C(F)(F)F)cn3)CC2)cc1OCC(F)(F)F. The third kappa shape index (κ3) is 7.06. The summed E-state index contributed by atoms with van der Waals surface area (Å²) in [5.41, 5.74) is -0.614. The van der Waals surface area contributed by atoms with Gasteiger partial charge in [0.15, 0.2) is 18.1 Å². The molecule has 1 aliphatic heterocycles. The van der Waals surface area contributed by atoms with Crippen LogP contribution in [0.2, 0.25) is 0 Å². The fourth-order valence-electron chi connectivity index (χ4n) is 3.37. The number of piperidine rings is 1. The molecule has 34 heavy (non-hydrogen) atoms. The molecule has 2 heterocycles. The third-order valence-electron chi connectivity index (χ3n) is 5.04. The van der Waals surface area contributed by atoms with E-state index in [1.807, 2.05) is 4.90 Å². The topological polar surface area (TPSA) is 75.7 Å². The summed E-state index contributed by atoms with van der Waals surface area (Å²) in [6.45, 7) is -0.562. The van der Waals surface area contributed by atoms with E-state index in [1.54, 1.807) is 0 Å². The Morgan fingerprint density at radius 1 is 1.09 bits per heavy atom. The molecule has 2 amide bonds. The van der Waals surface area contributed by atoms with Gasteiger partial charge in [-0.1, -0.05) is 0 Å². The highest BCUT2D eigenvalue weighted by atomic mass is 19.4. The molecule has 7 nitrogen and oxygen atoms in total. The first-order chi connectivity index (χ1) is 15.9. The first-order valence-electron chi connectivity index (χ1n) is 10.2. The van der Waals surface area contributed by atoms with Crippen molar-refractivity contribution in [3.63, 3.8) is 0 Å². The Morgan fingerprint density at radius 3 is 2.35 bits per heavy atom. The lowest BCUT2D eigenvalue weighted by Crippen LogP contribution is -2.46. The smallest absolute Gasteiger partial charge is 0.422 e. The number of anilines is 2. The van der Waals surface area contributed by atoms with E-state index < -0.39 is 30.6 Å². The van der Waals surface area contributed by atoms with Crippen molar-refractivity contribution >= 4 is 17.5 Å². The monoisotopic (exact) mass is 492 g/mol. The van der Waals surface area contributed by atoms with E-state index in [9.17, 15) is 31.1 Å². The van der Waals surface area contributed by atoms with E-state index >= 15 is 0 Å². The van der Waals surface area contributed by atoms with Crippen LogP contribution in [0.5, 0.6) is 11.5 Å². The molecule has 1 aliphatic rings. The molecule has 13 heteroatoms. The fraction of sp³-hybridized carbons (Fsp3) is 0.429. The summed E-state index contributed by atoms with van der Waals surface area (Å²) >= 11 is 0. The molecule has 2 N–H and O–H groups in total. The van der Waals surface area contributed by atoms with E-state index in [2.05, 4.69) is 15.6 Å². The highest BCUT2D eigenvalue weighted by Crippen LogP contribution is 2.32. The molecule has 1 fully saturated rings. The van der Waals surface area contributed by atoms with Crippen LogP contribution in [0.3, 0.4) is 0 Å². The van der Waals surface area contributed by atoms with Crippen molar-refractivity contribution in [1.82, 2.24) is 10.3 Å². The van der Waals surface area contributed by atoms with E-state index in [1.165, 1.54) is 31.4 Å². The van der Waals surface area contributed by atoms with Gasteiger partial charge in [-0.3, -0.25) is 0 Å². The number of alkyl halides is 6. The molecule has 2 aromatic rings. The van der Waals surface area contributed by atoms with Crippen LogP contribution in [0.4, 0.5) is 42.6 Å². The fourth-order valence-corrected chi connectivity index (χ4v) is 3.37. The van der Waals surface area contributed by atoms with E-state index in [-0.39, 0.29) is 23.2 Å². The summed E-state index contributed by atoms with van der Waals surface area (Å²) < 4.78 is 85.1. The third-order valence-corrected chi connectivity index (χ3v) is 5.04. The van der Waals surface area contributed by atoms with E-state index in [0.29, 0.717) is 31.7 Å².